The van der Waals surface area contributed by atoms with Gasteiger partial charge in [-0.1, -0.05) is 15.9 Å². The standard InChI is InChI=1S/C15H19BrN2O2/c1-10(2)20-7-3-6-17-15(19)14-9-11-8-12(16)4-5-13(11)18-14/h4-5,8-10,18H,3,6-7H2,1-2H3,(H,17,19). The Morgan fingerprint density at radius 3 is 2.95 bits per heavy atom. The van der Waals surface area contributed by atoms with E-state index >= 15 is 0 Å². The van der Waals surface area contributed by atoms with Crippen LogP contribution in [0.4, 0.5) is 0 Å². The highest BCUT2D eigenvalue weighted by atomic mass is 79.9. The second-order valence-corrected chi connectivity index (χ2v) is 5.86. The van der Waals surface area contributed by atoms with Crippen molar-refractivity contribution in [2.24, 2.45) is 0 Å². The third kappa shape index (κ3) is 4.08. The molecule has 1 aromatic heterocycles. The molecule has 1 aromatic carbocycles. The largest absolute Gasteiger partial charge is 0.379 e. The molecule has 0 bridgehead atoms. The lowest BCUT2D eigenvalue weighted by Gasteiger charge is -2.07. The molecule has 1 amide bonds. The lowest BCUT2D eigenvalue weighted by Crippen LogP contribution is -2.25. The number of carbonyl (C=O) groups is 1. The Balaban J connectivity index is 1.88. The minimum Gasteiger partial charge on any atom is -0.379 e. The molecule has 0 aliphatic heterocycles. The molecule has 4 nitrogen and oxygen atoms in total. The Morgan fingerprint density at radius 2 is 2.20 bits per heavy atom. The summed E-state index contributed by atoms with van der Waals surface area (Å²) < 4.78 is 6.43. The maximum atomic E-state index is 12.0. The number of ether oxygens (including phenoxy) is 1. The number of aromatic amines is 1. The van der Waals surface area contributed by atoms with Gasteiger partial charge in [0, 0.05) is 28.5 Å². The zero-order chi connectivity index (χ0) is 14.5. The number of hydrogen-bond acceptors (Lipinski definition) is 2. The van der Waals surface area contributed by atoms with Crippen molar-refractivity contribution >= 4 is 32.7 Å². The number of nitrogens with one attached hydrogen (secondary N) is 2. The molecule has 20 heavy (non-hydrogen) atoms. The van der Waals surface area contributed by atoms with E-state index < -0.39 is 0 Å². The molecule has 0 saturated heterocycles. The van der Waals surface area contributed by atoms with Gasteiger partial charge in [-0.3, -0.25) is 4.79 Å². The monoisotopic (exact) mass is 338 g/mol. The van der Waals surface area contributed by atoms with E-state index in [0.29, 0.717) is 18.8 Å². The van der Waals surface area contributed by atoms with Crippen LogP contribution in [0.5, 0.6) is 0 Å². The lowest BCUT2D eigenvalue weighted by molar-refractivity contribution is 0.0756. The fourth-order valence-corrected chi connectivity index (χ4v) is 2.29. The molecule has 0 unspecified atom stereocenters. The Hall–Kier alpha value is -1.33. The van der Waals surface area contributed by atoms with Gasteiger partial charge in [0.2, 0.25) is 0 Å². The normalized spacial score (nSPS) is 11.2. The highest BCUT2D eigenvalue weighted by molar-refractivity contribution is 9.10. The summed E-state index contributed by atoms with van der Waals surface area (Å²) in [6.45, 7) is 5.28. The van der Waals surface area contributed by atoms with E-state index in [1.54, 1.807) is 0 Å². The molecular formula is C15H19BrN2O2. The van der Waals surface area contributed by atoms with Crippen molar-refractivity contribution in [2.75, 3.05) is 13.2 Å². The van der Waals surface area contributed by atoms with E-state index in [0.717, 1.165) is 21.8 Å². The van der Waals surface area contributed by atoms with Gasteiger partial charge in [-0.05, 0) is 44.5 Å². The van der Waals surface area contributed by atoms with Gasteiger partial charge in [0.05, 0.1) is 6.10 Å². The summed E-state index contributed by atoms with van der Waals surface area (Å²) in [6, 6.07) is 7.75. The molecular weight excluding hydrogens is 320 g/mol. The number of carbonyl (C=O) groups excluding carboxylic acids is 1. The van der Waals surface area contributed by atoms with Crippen LogP contribution < -0.4 is 5.32 Å². The number of H-pyrrole nitrogens is 1. The van der Waals surface area contributed by atoms with Crippen LogP contribution in [0.3, 0.4) is 0 Å². The van der Waals surface area contributed by atoms with Crippen LogP contribution >= 0.6 is 15.9 Å². The van der Waals surface area contributed by atoms with Crippen molar-refractivity contribution in [3.63, 3.8) is 0 Å². The van der Waals surface area contributed by atoms with Gasteiger partial charge in [0.25, 0.3) is 5.91 Å². The molecule has 0 saturated carbocycles. The van der Waals surface area contributed by atoms with Gasteiger partial charge in [-0.2, -0.15) is 0 Å². The minimum atomic E-state index is -0.0816. The van der Waals surface area contributed by atoms with E-state index in [4.69, 9.17) is 4.74 Å². The maximum absolute atomic E-state index is 12.0. The fourth-order valence-electron chi connectivity index (χ4n) is 1.91. The number of halogens is 1. The second-order valence-electron chi connectivity index (χ2n) is 4.94. The summed E-state index contributed by atoms with van der Waals surface area (Å²) in [5, 5.41) is 3.91. The van der Waals surface area contributed by atoms with Gasteiger partial charge in [-0.25, -0.2) is 0 Å². The van der Waals surface area contributed by atoms with Gasteiger partial charge in [0.1, 0.15) is 5.69 Å². The molecule has 5 heteroatoms. The number of rotatable bonds is 6. The van der Waals surface area contributed by atoms with Gasteiger partial charge in [-0.15, -0.1) is 0 Å². The van der Waals surface area contributed by atoms with Crippen molar-refractivity contribution < 1.29 is 9.53 Å². The zero-order valence-corrected chi connectivity index (χ0v) is 13.3. The third-order valence-corrected chi connectivity index (χ3v) is 3.38. The summed E-state index contributed by atoms with van der Waals surface area (Å²) >= 11 is 3.42. The number of aromatic nitrogens is 1. The molecule has 2 aromatic rings. The van der Waals surface area contributed by atoms with E-state index in [1.165, 1.54) is 0 Å². The van der Waals surface area contributed by atoms with E-state index in [2.05, 4.69) is 26.2 Å². The molecule has 0 aliphatic carbocycles. The van der Waals surface area contributed by atoms with Gasteiger partial charge >= 0.3 is 0 Å². The highest BCUT2D eigenvalue weighted by Crippen LogP contribution is 2.20. The summed E-state index contributed by atoms with van der Waals surface area (Å²) in [5.41, 5.74) is 1.55. The molecule has 0 aliphatic rings. The Kier molecular flexibility index (Phi) is 5.20. The third-order valence-electron chi connectivity index (χ3n) is 2.89. The predicted molar refractivity (Wildman–Crippen MR) is 84.0 cm³/mol. The molecule has 2 N–H and O–H groups in total. The van der Waals surface area contributed by atoms with Crippen LogP contribution in [-0.2, 0) is 4.74 Å². The Morgan fingerprint density at radius 1 is 1.40 bits per heavy atom. The molecule has 2 rings (SSSR count). The van der Waals surface area contributed by atoms with E-state index in [-0.39, 0.29) is 12.0 Å². The van der Waals surface area contributed by atoms with Crippen LogP contribution in [-0.4, -0.2) is 30.1 Å². The molecule has 0 radical (unpaired) electrons. The molecule has 0 atom stereocenters. The van der Waals surface area contributed by atoms with Crippen molar-refractivity contribution in [2.45, 2.75) is 26.4 Å². The minimum absolute atomic E-state index is 0.0816. The van der Waals surface area contributed by atoms with Crippen LogP contribution in [0.1, 0.15) is 30.8 Å². The number of hydrogen-bond donors (Lipinski definition) is 2. The van der Waals surface area contributed by atoms with Crippen molar-refractivity contribution in [3.05, 3.63) is 34.4 Å². The van der Waals surface area contributed by atoms with Gasteiger partial charge in [0.15, 0.2) is 0 Å². The quantitative estimate of drug-likeness (QED) is 0.792. The zero-order valence-electron chi connectivity index (χ0n) is 11.7. The summed E-state index contributed by atoms with van der Waals surface area (Å²) in [4.78, 5) is 15.1. The van der Waals surface area contributed by atoms with Crippen LogP contribution in [0.15, 0.2) is 28.7 Å². The molecule has 0 fully saturated rings. The highest BCUT2D eigenvalue weighted by Gasteiger charge is 2.09. The summed E-state index contributed by atoms with van der Waals surface area (Å²) in [6.07, 6.45) is 1.05. The number of benzene rings is 1. The van der Waals surface area contributed by atoms with Gasteiger partial charge < -0.3 is 15.0 Å². The lowest BCUT2D eigenvalue weighted by atomic mass is 10.2. The van der Waals surface area contributed by atoms with Crippen molar-refractivity contribution in [3.8, 4) is 0 Å². The van der Waals surface area contributed by atoms with Crippen molar-refractivity contribution in [1.29, 1.82) is 0 Å². The van der Waals surface area contributed by atoms with Crippen LogP contribution in [0.2, 0.25) is 0 Å². The average molecular weight is 339 g/mol. The average Bonchev–Trinajstić information content (AvgIpc) is 2.80. The second kappa shape index (κ2) is 6.90. The topological polar surface area (TPSA) is 54.1 Å². The predicted octanol–water partition coefficient (Wildman–Crippen LogP) is 3.48. The Bertz CT molecular complexity index is 593. The van der Waals surface area contributed by atoms with Crippen LogP contribution in [0.25, 0.3) is 10.9 Å². The molecule has 1 heterocycles. The fraction of sp³-hybridized carbons (Fsp3) is 0.400. The first-order valence-electron chi connectivity index (χ1n) is 6.74. The smallest absolute Gasteiger partial charge is 0.267 e. The molecule has 108 valence electrons. The van der Waals surface area contributed by atoms with Crippen LogP contribution in [0, 0.1) is 0 Å². The first-order valence-corrected chi connectivity index (χ1v) is 7.53. The number of fused-ring (bicyclic) bond motifs is 1. The Labute approximate surface area is 127 Å². The number of amides is 1. The first kappa shape index (κ1) is 15.1. The SMILES string of the molecule is CC(C)OCCCNC(=O)c1cc2cc(Br)ccc2[nH]1. The molecule has 0 spiro atoms. The maximum Gasteiger partial charge on any atom is 0.267 e. The summed E-state index contributed by atoms with van der Waals surface area (Å²) in [7, 11) is 0. The first-order chi connectivity index (χ1) is 9.56. The van der Waals surface area contributed by atoms with Crippen molar-refractivity contribution in [1.82, 2.24) is 10.3 Å². The van der Waals surface area contributed by atoms with E-state index in [9.17, 15) is 4.79 Å². The van der Waals surface area contributed by atoms with E-state index in [1.807, 2.05) is 38.1 Å². The summed E-state index contributed by atoms with van der Waals surface area (Å²) in [5.74, 6) is -0.0816.